The summed E-state index contributed by atoms with van der Waals surface area (Å²) < 4.78 is 15.7. The molecular weight excluding hydrogens is 545 g/mol. The van der Waals surface area contributed by atoms with E-state index in [0.717, 1.165) is 0 Å². The molecule has 0 aromatic rings. The summed E-state index contributed by atoms with van der Waals surface area (Å²) in [5.74, 6) is -7.50. The third-order valence-corrected chi connectivity index (χ3v) is 4.60. The van der Waals surface area contributed by atoms with Gasteiger partial charge in [-0.2, -0.15) is 0 Å². The predicted molar refractivity (Wildman–Crippen MR) is 184 cm³/mol. The number of hydrogen-bond donors (Lipinski definition) is 13. The van der Waals surface area contributed by atoms with E-state index in [4.69, 9.17) is 117 Å². The molecule has 0 aliphatic rings. The first kappa shape index (κ1) is 44.2. The summed E-state index contributed by atoms with van der Waals surface area (Å²) in [5.41, 5.74) is 0. The van der Waals surface area contributed by atoms with Crippen molar-refractivity contribution in [2.45, 2.75) is 85.0 Å². The molecule has 0 rings (SSSR count). The molecule has 0 amide bonds. The number of halogens is 1. The van der Waals surface area contributed by atoms with Crippen LogP contribution in [0.2, 0.25) is 0 Å². The summed E-state index contributed by atoms with van der Waals surface area (Å²) in [6, 6.07) is 0. The Kier molecular flexibility index (Phi) is 24.4. The monoisotopic (exact) mass is 575 g/mol. The van der Waals surface area contributed by atoms with Crippen LogP contribution in [0.25, 0.3) is 0 Å². The predicted octanol–water partition coefficient (Wildman–Crippen LogP) is -12.7. The summed E-state index contributed by atoms with van der Waals surface area (Å²) >= 11 is 0. The second-order valence-electron chi connectivity index (χ2n) is 8.93. The number of nitrogens with zero attached hydrogens (tertiary/aromatic N) is 1. The van der Waals surface area contributed by atoms with Gasteiger partial charge in [0.25, 0.3) is 0 Å². The van der Waals surface area contributed by atoms with Crippen molar-refractivity contribution in [3.8, 4) is 0 Å². The van der Waals surface area contributed by atoms with Crippen molar-refractivity contribution in [3.63, 3.8) is 0 Å². The zero-order valence-corrected chi connectivity index (χ0v) is 24.1. The van der Waals surface area contributed by atoms with Gasteiger partial charge in [-0.15, -0.1) is 0 Å². The Hall–Kier alpha value is 0.184. The molecule has 14 nitrogen and oxygen atoms in total. The van der Waals surface area contributed by atoms with E-state index in [0.29, 0.717) is 0 Å². The molecule has 3 unspecified atom stereocenters. The Bertz CT molecular complexity index is 683. The maximum absolute atomic E-state index is 15.7. The third-order valence-electron chi connectivity index (χ3n) is 4.60. The summed E-state index contributed by atoms with van der Waals surface area (Å²) in [6.07, 6.45) is -8.82. The average Bonchev–Trinajstić information content (AvgIpc) is 2.80. The zero-order chi connectivity index (χ0) is 34.0. The van der Waals surface area contributed by atoms with Crippen LogP contribution in [0.15, 0.2) is 4.90 Å². The molecule has 0 bridgehead atoms. The number of rotatable bonds is 27. The topological polar surface area (TPSA) is 169 Å². The molecule has 0 saturated heterocycles. The molecule has 44 heavy (non-hydrogen) atoms. The number of hydrogen-bond acceptors (Lipinski definition) is 14. The first-order chi connectivity index (χ1) is 20.4. The van der Waals surface area contributed by atoms with Gasteiger partial charge in [0, 0.05) is 0 Å². The van der Waals surface area contributed by atoms with Gasteiger partial charge in [0.1, 0.15) is 0 Å². The Morgan fingerprint density at radius 1 is 0.318 bits per heavy atom. The third kappa shape index (κ3) is 24.4. The summed E-state index contributed by atoms with van der Waals surface area (Å²) in [6.45, 7) is 0. The average molecular weight is 573 g/mol. The van der Waals surface area contributed by atoms with Gasteiger partial charge in [-0.3, -0.25) is 0 Å². The number of nitrogens with one attached hydrogen (secondary N) is 13. The van der Waals surface area contributed by atoms with Gasteiger partial charge in [0.15, 0.2) is 0 Å². The normalized spacial score (nSPS) is 14.9. The van der Waals surface area contributed by atoms with Crippen LogP contribution in [-0.2, 0) is 0 Å². The van der Waals surface area contributed by atoms with Crippen molar-refractivity contribution >= 4 is 117 Å². The molecule has 0 saturated carbocycles. The van der Waals surface area contributed by atoms with Crippen molar-refractivity contribution in [2.24, 2.45) is 4.90 Å². The molecule has 205 valence electrons. The van der Waals surface area contributed by atoms with Crippen LogP contribution in [0, 0.1) is 0 Å². The zero-order valence-electron chi connectivity index (χ0n) is 24.1. The van der Waals surface area contributed by atoms with E-state index in [1.807, 2.05) is 0 Å². The van der Waals surface area contributed by atoms with Gasteiger partial charge in [-0.25, -0.2) is 0 Å². The molecule has 13 N–H and O–H groups in total. The minimum atomic E-state index is -2.12. The van der Waals surface area contributed by atoms with Crippen LogP contribution in [-0.4, -0.2) is 203 Å². The molecule has 29 radical (unpaired) electrons. The molecule has 0 aliphatic heterocycles. The van der Waals surface area contributed by atoms with E-state index in [2.05, 4.69) is 74.0 Å². The fraction of sp³-hybridized carbons (Fsp3) is 1.00. The van der Waals surface area contributed by atoms with Gasteiger partial charge in [0.05, 0.1) is 62.8 Å². The van der Waals surface area contributed by atoms with Crippen molar-refractivity contribution in [2.75, 3.05) is 0 Å². The second-order valence-corrected chi connectivity index (χ2v) is 8.93. The molecule has 0 heterocycles. The van der Waals surface area contributed by atoms with Crippen LogP contribution in [0.3, 0.4) is 0 Å². The minimum absolute atomic E-state index is 1.02. The SMILES string of the molecule is [B]C([B])NC(N=[B])NC(NC(F)NC(NC(NC([B])[B])NC([B])[B])NC(NC([B])[B])NC([B])[B])NC(NC([B])[B])NC([B])[B]. The van der Waals surface area contributed by atoms with Gasteiger partial charge in [0.2, 0.25) is 0 Å². The van der Waals surface area contributed by atoms with Crippen LogP contribution in [0.5, 0.6) is 0 Å². The second kappa shape index (κ2) is 24.3. The van der Waals surface area contributed by atoms with E-state index in [1.165, 1.54) is 0 Å². The van der Waals surface area contributed by atoms with E-state index in [-0.39, 0.29) is 0 Å². The van der Waals surface area contributed by atoms with Crippen LogP contribution >= 0.6 is 0 Å². The van der Waals surface area contributed by atoms with Crippen LogP contribution < -0.4 is 69.1 Å². The molecule has 0 aliphatic carbocycles. The first-order valence-electron chi connectivity index (χ1n) is 12.9. The Balaban J connectivity index is 6.14. The molecular formula is C14H27B15FN14. The fourth-order valence-electron chi connectivity index (χ4n) is 3.19. The Morgan fingerprint density at radius 3 is 0.773 bits per heavy atom. The Morgan fingerprint density at radius 2 is 0.545 bits per heavy atom. The van der Waals surface area contributed by atoms with E-state index in [1.54, 1.807) is 0 Å². The summed E-state index contributed by atoms with van der Waals surface area (Å²) in [4.78, 5) is 3.56. The standard InChI is InChI=1S/C14H27B15FN14/c15-1(16)31-9(32-2(17)18)40-12(41-10(33-3(19)20)34-4(21)22)38-8(30)39-13(43-14(44-29)37-7(27)28)42-11(35-5(23)24)36-6(25)26/h1-14,31-43H. The summed E-state index contributed by atoms with van der Waals surface area (Å²) in [7, 11) is 84.1. The fourth-order valence-corrected chi connectivity index (χ4v) is 3.19. The molecule has 0 fully saturated rings. The molecule has 30 heteroatoms. The maximum atomic E-state index is 15.7. The van der Waals surface area contributed by atoms with Crippen molar-refractivity contribution in [1.82, 2.24) is 69.1 Å². The van der Waals surface area contributed by atoms with Crippen molar-refractivity contribution < 1.29 is 4.39 Å². The Labute approximate surface area is 280 Å². The van der Waals surface area contributed by atoms with Gasteiger partial charge in [-0.05, 0) is 0 Å². The molecule has 0 aromatic heterocycles. The van der Waals surface area contributed by atoms with Crippen molar-refractivity contribution in [3.05, 3.63) is 0 Å². The summed E-state index contributed by atoms with van der Waals surface area (Å²) in [5, 5.41) is 35.1. The number of alkyl halides is 1. The van der Waals surface area contributed by atoms with Gasteiger partial charge < -0.3 is 0 Å². The van der Waals surface area contributed by atoms with Crippen LogP contribution in [0.1, 0.15) is 0 Å². The van der Waals surface area contributed by atoms with Gasteiger partial charge >= 0.3 is 218 Å². The molecule has 0 aromatic carbocycles. The molecule has 0 spiro atoms. The van der Waals surface area contributed by atoms with E-state index in [9.17, 15) is 0 Å². The van der Waals surface area contributed by atoms with Crippen LogP contribution in [0.4, 0.5) is 4.39 Å². The molecule has 3 atom stereocenters. The van der Waals surface area contributed by atoms with E-state index < -0.39 is 85.0 Å². The van der Waals surface area contributed by atoms with E-state index >= 15 is 4.39 Å². The first-order valence-corrected chi connectivity index (χ1v) is 12.9. The van der Waals surface area contributed by atoms with Gasteiger partial charge in [-0.1, -0.05) is 0 Å². The van der Waals surface area contributed by atoms with Crippen molar-refractivity contribution in [1.29, 1.82) is 0 Å². The quantitative estimate of drug-likeness (QED) is 0.0255.